The summed E-state index contributed by atoms with van der Waals surface area (Å²) in [6.07, 6.45) is -0.284. The summed E-state index contributed by atoms with van der Waals surface area (Å²) in [5, 5.41) is 0. The van der Waals surface area contributed by atoms with Crippen molar-refractivity contribution in [2.45, 2.75) is 32.5 Å². The second-order valence-electron chi connectivity index (χ2n) is 4.03. The first kappa shape index (κ1) is 11.6. The first-order valence-corrected chi connectivity index (χ1v) is 6.61. The molecule has 0 radical (unpaired) electrons. The Morgan fingerprint density at radius 3 is 2.38 bits per heavy atom. The Bertz CT molecular complexity index is 457. The highest BCUT2D eigenvalue weighted by Crippen LogP contribution is 2.26. The maximum absolute atomic E-state index is 11.7. The van der Waals surface area contributed by atoms with Crippen molar-refractivity contribution in [1.29, 1.82) is 0 Å². The zero-order valence-corrected chi connectivity index (χ0v) is 10.1. The van der Waals surface area contributed by atoms with Gasteiger partial charge < -0.3 is 0 Å². The molecule has 1 heterocycles. The van der Waals surface area contributed by atoms with Crippen LogP contribution in [-0.4, -0.2) is 24.9 Å². The molecular formula is C11H15NO3S. The van der Waals surface area contributed by atoms with E-state index in [2.05, 4.69) is 0 Å². The smallest absolute Gasteiger partial charge is 0.253 e. The van der Waals surface area contributed by atoms with Gasteiger partial charge in [0.05, 0.1) is 12.1 Å². The molecule has 4 nitrogen and oxygen atoms in total. The third-order valence-electron chi connectivity index (χ3n) is 2.88. The second kappa shape index (κ2) is 4.16. The molecule has 0 aliphatic carbocycles. The fourth-order valence-electron chi connectivity index (χ4n) is 1.75. The predicted octanol–water partition coefficient (Wildman–Crippen LogP) is 1.54. The molecule has 2 atom stereocenters. The zero-order valence-electron chi connectivity index (χ0n) is 9.33. The highest BCUT2D eigenvalue weighted by Gasteiger charge is 2.41. The normalized spacial score (nSPS) is 29.4. The third-order valence-corrected chi connectivity index (χ3v) is 4.46. The Kier molecular flexibility index (Phi) is 3.01. The molecule has 16 heavy (non-hydrogen) atoms. The molecule has 0 N–H and O–H groups in total. The van der Waals surface area contributed by atoms with E-state index in [1.165, 1.54) is 4.31 Å². The highest BCUT2D eigenvalue weighted by atomic mass is 32.2. The molecule has 0 amide bonds. The lowest BCUT2D eigenvalue weighted by molar-refractivity contribution is 0.222. The largest absolute Gasteiger partial charge is 0.339 e. The van der Waals surface area contributed by atoms with Gasteiger partial charge in [0.1, 0.15) is 0 Å². The van der Waals surface area contributed by atoms with E-state index in [1.54, 1.807) is 6.92 Å². The molecule has 1 saturated heterocycles. The Hall–Kier alpha value is -0.910. The summed E-state index contributed by atoms with van der Waals surface area (Å²) in [5.41, 5.74) is 0.968. The molecule has 1 aromatic rings. The number of benzene rings is 1. The van der Waals surface area contributed by atoms with Crippen LogP contribution < -0.4 is 0 Å². The minimum atomic E-state index is -3.55. The van der Waals surface area contributed by atoms with Gasteiger partial charge in [0.25, 0.3) is 0 Å². The van der Waals surface area contributed by atoms with Crippen LogP contribution >= 0.6 is 0 Å². The lowest BCUT2D eigenvalue weighted by Crippen LogP contribution is -2.33. The fourth-order valence-corrected chi connectivity index (χ4v) is 3.29. The summed E-state index contributed by atoms with van der Waals surface area (Å²) in [4.78, 5) is 0. The van der Waals surface area contributed by atoms with Gasteiger partial charge in [-0.3, -0.25) is 4.18 Å². The van der Waals surface area contributed by atoms with Gasteiger partial charge in [0.2, 0.25) is 0 Å². The van der Waals surface area contributed by atoms with Gasteiger partial charge in [0, 0.05) is 6.54 Å². The summed E-state index contributed by atoms with van der Waals surface area (Å²) in [5.74, 6) is 0. The average molecular weight is 241 g/mol. The number of nitrogens with zero attached hydrogens (tertiary/aromatic N) is 1. The standard InChI is InChI=1S/C11H15NO3S/c1-9-10(2)15-16(13,14)12(9)8-11-6-4-3-5-7-11/h3-7,9-10H,8H2,1-2H3/t9-,10?/m0/s1. The minimum absolute atomic E-state index is 0.120. The molecule has 5 heteroatoms. The monoisotopic (exact) mass is 241 g/mol. The first-order valence-electron chi connectivity index (χ1n) is 5.24. The van der Waals surface area contributed by atoms with Crippen molar-refractivity contribution >= 4 is 10.3 Å². The van der Waals surface area contributed by atoms with Gasteiger partial charge in [0.15, 0.2) is 0 Å². The van der Waals surface area contributed by atoms with E-state index in [4.69, 9.17) is 4.18 Å². The third kappa shape index (κ3) is 2.11. The van der Waals surface area contributed by atoms with Crippen LogP contribution in [0.3, 0.4) is 0 Å². The van der Waals surface area contributed by atoms with Crippen LogP contribution in [0.2, 0.25) is 0 Å². The van der Waals surface area contributed by atoms with Crippen molar-refractivity contribution in [2.24, 2.45) is 0 Å². The molecular weight excluding hydrogens is 226 g/mol. The van der Waals surface area contributed by atoms with Crippen LogP contribution in [0.1, 0.15) is 19.4 Å². The van der Waals surface area contributed by atoms with Gasteiger partial charge in [-0.25, -0.2) is 0 Å². The maximum Gasteiger partial charge on any atom is 0.339 e. The summed E-state index contributed by atoms with van der Waals surface area (Å²) in [6, 6.07) is 9.39. The van der Waals surface area contributed by atoms with E-state index < -0.39 is 10.3 Å². The molecule has 2 rings (SSSR count). The Balaban J connectivity index is 2.22. The van der Waals surface area contributed by atoms with Crippen LogP contribution in [0, 0.1) is 0 Å². The van der Waals surface area contributed by atoms with Gasteiger partial charge in [-0.1, -0.05) is 30.3 Å². The van der Waals surface area contributed by atoms with Crippen molar-refractivity contribution in [3.63, 3.8) is 0 Å². The summed E-state index contributed by atoms with van der Waals surface area (Å²) in [6.45, 7) is 4.00. The molecule has 1 aromatic carbocycles. The van der Waals surface area contributed by atoms with Crippen molar-refractivity contribution in [3.05, 3.63) is 35.9 Å². The van der Waals surface area contributed by atoms with Crippen LogP contribution in [-0.2, 0) is 21.0 Å². The molecule has 0 spiro atoms. The van der Waals surface area contributed by atoms with Crippen molar-refractivity contribution in [2.75, 3.05) is 0 Å². The first-order chi connectivity index (χ1) is 7.50. The Morgan fingerprint density at radius 1 is 1.25 bits per heavy atom. The SMILES string of the molecule is CC1OS(=O)(=O)N(Cc2ccccc2)[C@H]1C. The average Bonchev–Trinajstić information content (AvgIpc) is 2.42. The molecule has 0 aromatic heterocycles. The molecule has 1 unspecified atom stereocenters. The topological polar surface area (TPSA) is 46.6 Å². The minimum Gasteiger partial charge on any atom is -0.253 e. The van der Waals surface area contributed by atoms with E-state index >= 15 is 0 Å². The molecule has 0 saturated carbocycles. The number of rotatable bonds is 2. The molecule has 0 bridgehead atoms. The zero-order chi connectivity index (χ0) is 11.8. The van der Waals surface area contributed by atoms with E-state index in [0.717, 1.165) is 5.56 Å². The van der Waals surface area contributed by atoms with Crippen molar-refractivity contribution < 1.29 is 12.6 Å². The number of hydrogen-bond acceptors (Lipinski definition) is 3. The Morgan fingerprint density at radius 2 is 1.88 bits per heavy atom. The predicted molar refractivity (Wildman–Crippen MR) is 60.9 cm³/mol. The van der Waals surface area contributed by atoms with E-state index in [9.17, 15) is 8.42 Å². The molecule has 1 fully saturated rings. The van der Waals surface area contributed by atoms with Crippen molar-refractivity contribution in [3.8, 4) is 0 Å². The van der Waals surface area contributed by atoms with E-state index in [-0.39, 0.29) is 12.1 Å². The summed E-state index contributed by atoms with van der Waals surface area (Å²) >= 11 is 0. The van der Waals surface area contributed by atoms with Gasteiger partial charge in [-0.15, -0.1) is 0 Å². The molecule has 1 aliphatic heterocycles. The molecule has 1 aliphatic rings. The lowest BCUT2D eigenvalue weighted by atomic mass is 10.2. The van der Waals surface area contributed by atoms with Crippen LogP contribution in [0.15, 0.2) is 30.3 Å². The van der Waals surface area contributed by atoms with Gasteiger partial charge >= 0.3 is 10.3 Å². The lowest BCUT2D eigenvalue weighted by Gasteiger charge is -2.18. The van der Waals surface area contributed by atoms with Crippen LogP contribution in [0.4, 0.5) is 0 Å². The summed E-state index contributed by atoms with van der Waals surface area (Å²) < 4.78 is 29.7. The van der Waals surface area contributed by atoms with Gasteiger partial charge in [-0.05, 0) is 19.4 Å². The van der Waals surface area contributed by atoms with Gasteiger partial charge in [-0.2, -0.15) is 12.7 Å². The Labute approximate surface area is 96.1 Å². The second-order valence-corrected chi connectivity index (χ2v) is 5.55. The van der Waals surface area contributed by atoms with Crippen LogP contribution in [0.5, 0.6) is 0 Å². The maximum atomic E-state index is 11.7. The fraction of sp³-hybridized carbons (Fsp3) is 0.455. The van der Waals surface area contributed by atoms with E-state index in [1.807, 2.05) is 37.3 Å². The summed E-state index contributed by atoms with van der Waals surface area (Å²) in [7, 11) is -3.55. The number of hydrogen-bond donors (Lipinski definition) is 0. The quantitative estimate of drug-likeness (QED) is 0.789. The van der Waals surface area contributed by atoms with E-state index in [0.29, 0.717) is 6.54 Å². The van der Waals surface area contributed by atoms with Crippen molar-refractivity contribution in [1.82, 2.24) is 4.31 Å². The highest BCUT2D eigenvalue weighted by molar-refractivity contribution is 7.84. The molecule has 88 valence electrons. The van der Waals surface area contributed by atoms with Crippen LogP contribution in [0.25, 0.3) is 0 Å².